The van der Waals surface area contributed by atoms with E-state index in [1.165, 1.54) is 0 Å². The van der Waals surface area contributed by atoms with Crippen LogP contribution in [0.5, 0.6) is 0 Å². The smallest absolute Gasteiger partial charge is 0.221 e. The van der Waals surface area contributed by atoms with E-state index in [-0.39, 0.29) is 11.3 Å². The van der Waals surface area contributed by atoms with Crippen LogP contribution in [0.4, 0.5) is 0 Å². The van der Waals surface area contributed by atoms with Gasteiger partial charge in [0.25, 0.3) is 0 Å². The van der Waals surface area contributed by atoms with Crippen LogP contribution in [0.2, 0.25) is 0 Å². The minimum Gasteiger partial charge on any atom is -0.356 e. The van der Waals surface area contributed by atoms with Crippen LogP contribution in [0.1, 0.15) is 40.0 Å². The van der Waals surface area contributed by atoms with Gasteiger partial charge in [0.05, 0.1) is 0 Å². The summed E-state index contributed by atoms with van der Waals surface area (Å²) in [4.78, 5) is 14.2. The lowest BCUT2D eigenvalue weighted by atomic mass is 9.88. The molecule has 1 atom stereocenters. The summed E-state index contributed by atoms with van der Waals surface area (Å²) in [5.41, 5.74) is 0.209. The molecule has 1 rings (SSSR count). The van der Waals surface area contributed by atoms with E-state index in [4.69, 9.17) is 0 Å². The summed E-state index contributed by atoms with van der Waals surface area (Å²) in [5, 5.41) is 6.42. The Bertz CT molecular complexity index is 266. The minimum atomic E-state index is 0.180. The molecular weight excluding hydrogens is 226 g/mol. The summed E-state index contributed by atoms with van der Waals surface area (Å²) >= 11 is 0. The molecule has 18 heavy (non-hydrogen) atoms. The summed E-state index contributed by atoms with van der Waals surface area (Å²) < 4.78 is 0. The predicted octanol–water partition coefficient (Wildman–Crippen LogP) is 1.22. The van der Waals surface area contributed by atoms with E-state index in [2.05, 4.69) is 43.4 Å². The van der Waals surface area contributed by atoms with Crippen LogP contribution in [0.15, 0.2) is 0 Å². The van der Waals surface area contributed by atoms with Gasteiger partial charge in [0.2, 0.25) is 5.91 Å². The third-order valence-electron chi connectivity index (χ3n) is 3.76. The number of nitrogens with one attached hydrogen (secondary N) is 2. The van der Waals surface area contributed by atoms with E-state index in [1.807, 2.05) is 0 Å². The monoisotopic (exact) mass is 255 g/mol. The number of likely N-dealkylation sites (N-methyl/N-ethyl adjacent to an activating group) is 1. The highest BCUT2D eigenvalue weighted by atomic mass is 16.1. The molecule has 0 saturated carbocycles. The van der Waals surface area contributed by atoms with Gasteiger partial charge in [-0.1, -0.05) is 27.2 Å². The predicted molar refractivity (Wildman–Crippen MR) is 75.6 cm³/mol. The highest BCUT2D eigenvalue weighted by Gasteiger charge is 2.23. The molecule has 1 heterocycles. The van der Waals surface area contributed by atoms with Crippen molar-refractivity contribution in [2.24, 2.45) is 5.41 Å². The molecule has 106 valence electrons. The average Bonchev–Trinajstić information content (AvgIpc) is 2.30. The van der Waals surface area contributed by atoms with Gasteiger partial charge in [-0.3, -0.25) is 4.79 Å². The highest BCUT2D eigenvalue weighted by molar-refractivity contribution is 5.76. The lowest BCUT2D eigenvalue weighted by molar-refractivity contribution is -0.122. The number of carbonyl (C=O) groups excluding carboxylic acids is 1. The van der Waals surface area contributed by atoms with Crippen LogP contribution in [0, 0.1) is 5.41 Å². The average molecular weight is 255 g/mol. The number of hydrogen-bond acceptors (Lipinski definition) is 3. The molecule has 4 nitrogen and oxygen atoms in total. The fourth-order valence-electron chi connectivity index (χ4n) is 2.48. The Morgan fingerprint density at radius 1 is 1.50 bits per heavy atom. The molecule has 1 unspecified atom stereocenters. The molecule has 0 bridgehead atoms. The zero-order valence-corrected chi connectivity index (χ0v) is 12.4. The van der Waals surface area contributed by atoms with Crippen LogP contribution in [0.3, 0.4) is 0 Å². The normalized spacial score (nSPS) is 21.9. The second-order valence-electron chi connectivity index (χ2n) is 6.23. The molecule has 0 aromatic heterocycles. The molecule has 0 aliphatic carbocycles. The van der Waals surface area contributed by atoms with Crippen molar-refractivity contribution in [3.8, 4) is 0 Å². The second kappa shape index (κ2) is 7.10. The van der Waals surface area contributed by atoms with Gasteiger partial charge in [-0.2, -0.15) is 0 Å². The van der Waals surface area contributed by atoms with E-state index in [1.54, 1.807) is 0 Å². The van der Waals surface area contributed by atoms with Crippen molar-refractivity contribution in [2.75, 3.05) is 33.2 Å². The molecule has 1 aliphatic rings. The van der Waals surface area contributed by atoms with Gasteiger partial charge in [-0.25, -0.2) is 0 Å². The van der Waals surface area contributed by atoms with Crippen molar-refractivity contribution >= 4 is 5.91 Å². The van der Waals surface area contributed by atoms with Gasteiger partial charge in [-0.05, 0) is 18.9 Å². The van der Waals surface area contributed by atoms with Gasteiger partial charge in [0, 0.05) is 38.6 Å². The van der Waals surface area contributed by atoms with Crippen LogP contribution in [0.25, 0.3) is 0 Å². The van der Waals surface area contributed by atoms with Crippen molar-refractivity contribution in [2.45, 2.75) is 46.1 Å². The molecule has 2 N–H and O–H groups in total. The lowest BCUT2D eigenvalue weighted by Gasteiger charge is -2.33. The van der Waals surface area contributed by atoms with Gasteiger partial charge < -0.3 is 15.5 Å². The molecule has 1 saturated heterocycles. The van der Waals surface area contributed by atoms with E-state index in [0.717, 1.165) is 39.0 Å². The van der Waals surface area contributed by atoms with Crippen LogP contribution < -0.4 is 10.6 Å². The number of carbonyl (C=O) groups is 1. The standard InChI is InChI=1S/C14H29N3O/c1-5-6-14(2,3)11-16-13(18)9-12-10-15-7-8-17(12)4/h12,15H,5-11H2,1-4H3,(H,16,18). The van der Waals surface area contributed by atoms with Crippen LogP contribution in [-0.2, 0) is 4.79 Å². The summed E-state index contributed by atoms with van der Waals surface area (Å²) in [7, 11) is 2.10. The SMILES string of the molecule is CCCC(C)(C)CNC(=O)CC1CNCCN1C. The maximum atomic E-state index is 11.9. The molecule has 0 aromatic rings. The fourth-order valence-corrected chi connectivity index (χ4v) is 2.48. The maximum Gasteiger partial charge on any atom is 0.221 e. The number of piperazine rings is 1. The van der Waals surface area contributed by atoms with Crippen molar-refractivity contribution < 1.29 is 4.79 Å². The molecule has 1 fully saturated rings. The Morgan fingerprint density at radius 3 is 2.83 bits per heavy atom. The lowest BCUT2D eigenvalue weighted by Crippen LogP contribution is -2.51. The first kappa shape index (κ1) is 15.4. The van der Waals surface area contributed by atoms with Crippen LogP contribution in [-0.4, -0.2) is 50.1 Å². The topological polar surface area (TPSA) is 44.4 Å². The molecule has 0 radical (unpaired) electrons. The van der Waals surface area contributed by atoms with Crippen molar-refractivity contribution in [1.82, 2.24) is 15.5 Å². The second-order valence-corrected chi connectivity index (χ2v) is 6.23. The molecule has 1 amide bonds. The van der Waals surface area contributed by atoms with Gasteiger partial charge in [0.15, 0.2) is 0 Å². The van der Waals surface area contributed by atoms with E-state index in [9.17, 15) is 4.79 Å². The Balaban J connectivity index is 2.28. The quantitative estimate of drug-likeness (QED) is 0.750. The van der Waals surface area contributed by atoms with E-state index < -0.39 is 0 Å². The van der Waals surface area contributed by atoms with Crippen molar-refractivity contribution in [1.29, 1.82) is 0 Å². The third kappa shape index (κ3) is 5.36. The first-order chi connectivity index (χ1) is 8.44. The molecule has 1 aliphatic heterocycles. The highest BCUT2D eigenvalue weighted by Crippen LogP contribution is 2.20. The van der Waals surface area contributed by atoms with Gasteiger partial charge >= 0.3 is 0 Å². The Hall–Kier alpha value is -0.610. The first-order valence-electron chi connectivity index (χ1n) is 7.12. The number of nitrogens with zero attached hydrogens (tertiary/aromatic N) is 1. The van der Waals surface area contributed by atoms with Gasteiger partial charge in [0.1, 0.15) is 0 Å². The zero-order valence-electron chi connectivity index (χ0n) is 12.4. The molecule has 4 heteroatoms. The largest absolute Gasteiger partial charge is 0.356 e. The fraction of sp³-hybridized carbons (Fsp3) is 0.929. The van der Waals surface area contributed by atoms with Crippen LogP contribution >= 0.6 is 0 Å². The maximum absolute atomic E-state index is 11.9. The zero-order chi connectivity index (χ0) is 13.6. The Kier molecular flexibility index (Phi) is 6.09. The van der Waals surface area contributed by atoms with Crippen molar-refractivity contribution in [3.05, 3.63) is 0 Å². The van der Waals surface area contributed by atoms with Crippen molar-refractivity contribution in [3.63, 3.8) is 0 Å². The Labute approximate surface area is 111 Å². The van der Waals surface area contributed by atoms with Gasteiger partial charge in [-0.15, -0.1) is 0 Å². The molecule has 0 aromatic carbocycles. The first-order valence-corrected chi connectivity index (χ1v) is 7.12. The minimum absolute atomic E-state index is 0.180. The molecule has 0 spiro atoms. The summed E-state index contributed by atoms with van der Waals surface area (Å²) in [6.45, 7) is 10.4. The summed E-state index contributed by atoms with van der Waals surface area (Å²) in [6.07, 6.45) is 2.92. The third-order valence-corrected chi connectivity index (χ3v) is 3.76. The number of rotatable bonds is 6. The summed E-state index contributed by atoms with van der Waals surface area (Å²) in [6, 6.07) is 0.341. The van der Waals surface area contributed by atoms with E-state index >= 15 is 0 Å². The summed E-state index contributed by atoms with van der Waals surface area (Å²) in [5.74, 6) is 0.180. The number of amides is 1. The molecular formula is C14H29N3O. The number of hydrogen-bond donors (Lipinski definition) is 2. The Morgan fingerprint density at radius 2 is 2.22 bits per heavy atom. The van der Waals surface area contributed by atoms with E-state index in [0.29, 0.717) is 12.5 Å².